The van der Waals surface area contributed by atoms with E-state index in [9.17, 15) is 4.39 Å². The quantitative estimate of drug-likeness (QED) is 0.857. The van der Waals surface area contributed by atoms with Crippen LogP contribution in [0.2, 0.25) is 0 Å². The summed E-state index contributed by atoms with van der Waals surface area (Å²) in [5.74, 6) is 0. The number of rotatable bonds is 2. The van der Waals surface area contributed by atoms with E-state index >= 15 is 0 Å². The number of nitrogens with one attached hydrogen (secondary N) is 1. The van der Waals surface area contributed by atoms with Crippen LogP contribution in [-0.4, -0.2) is 23.7 Å². The molecule has 0 radical (unpaired) electrons. The molecule has 1 aromatic heterocycles. The van der Waals surface area contributed by atoms with Gasteiger partial charge < -0.3 is 5.32 Å². The Morgan fingerprint density at radius 1 is 1.54 bits per heavy atom. The van der Waals surface area contributed by atoms with Crippen LogP contribution in [0.25, 0.3) is 0 Å². The second-order valence-corrected chi connectivity index (χ2v) is 4.36. The molecule has 1 N–H and O–H groups in total. The number of hydrogen-bond acceptors (Lipinski definition) is 2. The van der Waals surface area contributed by atoms with Gasteiger partial charge in [-0.25, -0.2) is 4.39 Å². The fraction of sp³-hybridized carbons (Fsp3) is 0.444. The zero-order valence-corrected chi connectivity index (χ0v) is 8.64. The highest BCUT2D eigenvalue weighted by Crippen LogP contribution is 2.23. The predicted octanol–water partition coefficient (Wildman–Crippen LogP) is 1.70. The highest BCUT2D eigenvalue weighted by atomic mass is 79.9. The third-order valence-electron chi connectivity index (χ3n) is 2.17. The van der Waals surface area contributed by atoms with Crippen LogP contribution in [0, 0.1) is 0 Å². The molecule has 1 saturated heterocycles. The van der Waals surface area contributed by atoms with Crippen molar-refractivity contribution in [1.29, 1.82) is 0 Å². The Bertz CT molecular complexity index is 312. The van der Waals surface area contributed by atoms with Crippen LogP contribution in [-0.2, 0) is 6.42 Å². The fourth-order valence-electron chi connectivity index (χ4n) is 1.44. The van der Waals surface area contributed by atoms with Gasteiger partial charge in [-0.2, -0.15) is 0 Å². The van der Waals surface area contributed by atoms with Crippen LogP contribution >= 0.6 is 15.9 Å². The molecule has 1 aromatic rings. The molecule has 13 heavy (non-hydrogen) atoms. The number of halogens is 2. The first kappa shape index (κ1) is 9.09. The van der Waals surface area contributed by atoms with Gasteiger partial charge in [0.2, 0.25) is 0 Å². The van der Waals surface area contributed by atoms with Gasteiger partial charge in [-0.1, -0.05) is 0 Å². The maximum atomic E-state index is 13.6. The van der Waals surface area contributed by atoms with Crippen molar-refractivity contribution >= 4 is 15.9 Å². The Morgan fingerprint density at radius 3 is 2.85 bits per heavy atom. The minimum atomic E-state index is -1.05. The van der Waals surface area contributed by atoms with Crippen molar-refractivity contribution < 1.29 is 4.39 Å². The molecule has 1 aliphatic heterocycles. The highest BCUT2D eigenvalue weighted by Gasteiger charge is 2.36. The summed E-state index contributed by atoms with van der Waals surface area (Å²) in [7, 11) is 0. The Hall–Kier alpha value is -0.480. The molecule has 1 fully saturated rings. The average molecular weight is 245 g/mol. The zero-order chi connectivity index (χ0) is 9.31. The summed E-state index contributed by atoms with van der Waals surface area (Å²) in [4.78, 5) is 3.99. The fourth-order valence-corrected chi connectivity index (χ4v) is 1.85. The maximum Gasteiger partial charge on any atom is 0.139 e. The molecule has 0 atom stereocenters. The van der Waals surface area contributed by atoms with Gasteiger partial charge in [0.05, 0.1) is 0 Å². The van der Waals surface area contributed by atoms with E-state index in [0.717, 1.165) is 10.0 Å². The predicted molar refractivity (Wildman–Crippen MR) is 52.3 cm³/mol. The monoisotopic (exact) mass is 244 g/mol. The summed E-state index contributed by atoms with van der Waals surface area (Å²) in [6.45, 7) is 0.916. The number of hydrogen-bond donors (Lipinski definition) is 1. The van der Waals surface area contributed by atoms with Crippen molar-refractivity contribution in [3.63, 3.8) is 0 Å². The first-order valence-electron chi connectivity index (χ1n) is 4.17. The average Bonchev–Trinajstić information content (AvgIpc) is 2.01. The molecular weight excluding hydrogens is 235 g/mol. The van der Waals surface area contributed by atoms with E-state index in [4.69, 9.17) is 0 Å². The molecule has 0 saturated carbocycles. The van der Waals surface area contributed by atoms with Crippen molar-refractivity contribution in [2.75, 3.05) is 13.1 Å². The van der Waals surface area contributed by atoms with Crippen molar-refractivity contribution in [1.82, 2.24) is 10.3 Å². The third kappa shape index (κ3) is 2.06. The molecular formula is C9H10BrFN2. The van der Waals surface area contributed by atoms with Crippen LogP contribution < -0.4 is 5.32 Å². The van der Waals surface area contributed by atoms with Crippen LogP contribution in [0.15, 0.2) is 22.9 Å². The first-order valence-corrected chi connectivity index (χ1v) is 4.96. The van der Waals surface area contributed by atoms with Crippen molar-refractivity contribution in [3.8, 4) is 0 Å². The van der Waals surface area contributed by atoms with Gasteiger partial charge in [0.25, 0.3) is 0 Å². The van der Waals surface area contributed by atoms with Gasteiger partial charge in [-0.3, -0.25) is 4.98 Å². The molecule has 0 bridgehead atoms. The van der Waals surface area contributed by atoms with E-state index in [-0.39, 0.29) is 0 Å². The Morgan fingerprint density at radius 2 is 2.31 bits per heavy atom. The van der Waals surface area contributed by atoms with Crippen LogP contribution in [0.4, 0.5) is 4.39 Å². The van der Waals surface area contributed by atoms with Gasteiger partial charge >= 0.3 is 0 Å². The van der Waals surface area contributed by atoms with Gasteiger partial charge in [-0.15, -0.1) is 0 Å². The summed E-state index contributed by atoms with van der Waals surface area (Å²) in [6.07, 6.45) is 3.87. The van der Waals surface area contributed by atoms with E-state index in [2.05, 4.69) is 26.2 Å². The van der Waals surface area contributed by atoms with Gasteiger partial charge in [-0.05, 0) is 27.6 Å². The van der Waals surface area contributed by atoms with Crippen molar-refractivity contribution in [2.24, 2.45) is 0 Å². The summed E-state index contributed by atoms with van der Waals surface area (Å²) < 4.78 is 14.5. The minimum absolute atomic E-state index is 0.451. The smallest absolute Gasteiger partial charge is 0.139 e. The molecule has 2 nitrogen and oxygen atoms in total. The van der Waals surface area contributed by atoms with E-state index in [1.54, 1.807) is 12.4 Å². The van der Waals surface area contributed by atoms with Crippen LogP contribution in [0.3, 0.4) is 0 Å². The summed E-state index contributed by atoms with van der Waals surface area (Å²) in [5, 5.41) is 2.93. The van der Waals surface area contributed by atoms with Gasteiger partial charge in [0.15, 0.2) is 0 Å². The van der Waals surface area contributed by atoms with E-state index in [0.29, 0.717) is 19.5 Å². The second kappa shape index (κ2) is 3.35. The summed E-state index contributed by atoms with van der Waals surface area (Å²) >= 11 is 3.31. The lowest BCUT2D eigenvalue weighted by atomic mass is 9.92. The lowest BCUT2D eigenvalue weighted by Gasteiger charge is -2.34. The summed E-state index contributed by atoms with van der Waals surface area (Å²) in [5.41, 5.74) is -0.110. The summed E-state index contributed by atoms with van der Waals surface area (Å²) in [6, 6.07) is 1.91. The molecule has 4 heteroatoms. The number of alkyl halides is 1. The molecule has 0 unspecified atom stereocenters. The number of pyridine rings is 1. The van der Waals surface area contributed by atoms with E-state index in [1.165, 1.54) is 0 Å². The maximum absolute atomic E-state index is 13.6. The lowest BCUT2D eigenvalue weighted by Crippen LogP contribution is -2.57. The minimum Gasteiger partial charge on any atom is -0.310 e. The first-order chi connectivity index (χ1) is 6.18. The molecule has 2 heterocycles. The zero-order valence-electron chi connectivity index (χ0n) is 7.06. The normalized spacial score (nSPS) is 19.5. The molecule has 1 aliphatic rings. The molecule has 0 amide bonds. The highest BCUT2D eigenvalue weighted by molar-refractivity contribution is 9.10. The van der Waals surface area contributed by atoms with E-state index in [1.807, 2.05) is 6.07 Å². The van der Waals surface area contributed by atoms with Crippen LogP contribution in [0.5, 0.6) is 0 Å². The SMILES string of the molecule is FC1(Cc2cncc(Br)c2)CNC1. The second-order valence-electron chi connectivity index (χ2n) is 3.44. The largest absolute Gasteiger partial charge is 0.310 e. The standard InChI is InChI=1S/C9H10BrFN2/c10-8-1-7(3-12-4-8)2-9(11)5-13-6-9/h1,3-4,13H,2,5-6H2. The van der Waals surface area contributed by atoms with E-state index < -0.39 is 5.67 Å². The molecule has 0 spiro atoms. The third-order valence-corrected chi connectivity index (χ3v) is 2.60. The van der Waals surface area contributed by atoms with Crippen molar-refractivity contribution in [2.45, 2.75) is 12.1 Å². The Balaban J connectivity index is 2.09. The molecule has 70 valence electrons. The Kier molecular flexibility index (Phi) is 2.34. The molecule has 2 rings (SSSR count). The van der Waals surface area contributed by atoms with Gasteiger partial charge in [0.1, 0.15) is 5.67 Å². The van der Waals surface area contributed by atoms with Crippen LogP contribution in [0.1, 0.15) is 5.56 Å². The molecule has 0 aliphatic carbocycles. The Labute approximate surface area is 84.7 Å². The number of nitrogens with zero attached hydrogens (tertiary/aromatic N) is 1. The van der Waals surface area contributed by atoms with Crippen molar-refractivity contribution in [3.05, 3.63) is 28.5 Å². The molecule has 0 aromatic carbocycles. The topological polar surface area (TPSA) is 24.9 Å². The van der Waals surface area contributed by atoms with Gasteiger partial charge in [0, 0.05) is 36.4 Å². The number of aromatic nitrogens is 1. The lowest BCUT2D eigenvalue weighted by molar-refractivity contribution is 0.0911.